The van der Waals surface area contributed by atoms with Crippen LogP contribution in [-0.2, 0) is 4.79 Å². The van der Waals surface area contributed by atoms with Crippen molar-refractivity contribution in [1.29, 1.82) is 0 Å². The molecule has 0 bridgehead atoms. The Hall–Kier alpha value is -1.85. The van der Waals surface area contributed by atoms with Gasteiger partial charge in [-0.3, -0.25) is 9.59 Å². The van der Waals surface area contributed by atoms with E-state index in [-0.39, 0.29) is 11.8 Å². The predicted molar refractivity (Wildman–Crippen MR) is 64.1 cm³/mol. The fraction of sp³-hybridized carbons (Fsp3) is 0.583. The zero-order valence-electron chi connectivity index (χ0n) is 10.9. The third-order valence-electron chi connectivity index (χ3n) is 3.11. The van der Waals surface area contributed by atoms with Crippen LogP contribution in [-0.4, -0.2) is 52.8 Å². The molecule has 1 saturated heterocycles. The van der Waals surface area contributed by atoms with Gasteiger partial charge in [-0.15, -0.1) is 0 Å². The Morgan fingerprint density at radius 1 is 1.11 bits per heavy atom. The van der Waals surface area contributed by atoms with Crippen molar-refractivity contribution < 1.29 is 14.0 Å². The van der Waals surface area contributed by atoms with E-state index in [0.717, 1.165) is 0 Å². The molecule has 1 aliphatic rings. The topological polar surface area (TPSA) is 66.7 Å². The number of carbonyl (C=O) groups excluding carboxylic acids is 2. The van der Waals surface area contributed by atoms with Gasteiger partial charge in [-0.25, -0.2) is 4.98 Å². The summed E-state index contributed by atoms with van der Waals surface area (Å²) in [6, 6.07) is 0. The molecule has 0 unspecified atom stereocenters. The monoisotopic (exact) mass is 251 g/mol. The first kappa shape index (κ1) is 12.6. The van der Waals surface area contributed by atoms with Crippen LogP contribution in [0.1, 0.15) is 29.1 Å². The molecule has 0 N–H and O–H groups in total. The predicted octanol–water partition coefficient (Wildman–Crippen LogP) is 0.596. The van der Waals surface area contributed by atoms with Gasteiger partial charge in [0.1, 0.15) is 0 Å². The van der Waals surface area contributed by atoms with Gasteiger partial charge < -0.3 is 14.2 Å². The van der Waals surface area contributed by atoms with Crippen molar-refractivity contribution >= 4 is 11.8 Å². The third kappa shape index (κ3) is 2.37. The van der Waals surface area contributed by atoms with E-state index in [4.69, 9.17) is 4.42 Å². The Balaban J connectivity index is 2.04. The minimum Gasteiger partial charge on any atom is -0.436 e. The van der Waals surface area contributed by atoms with Crippen molar-refractivity contribution in [1.82, 2.24) is 14.8 Å². The first-order valence-electron chi connectivity index (χ1n) is 5.98. The van der Waals surface area contributed by atoms with Gasteiger partial charge in [0.25, 0.3) is 5.91 Å². The summed E-state index contributed by atoms with van der Waals surface area (Å²) in [6.07, 6.45) is 0. The molecule has 1 aromatic rings. The van der Waals surface area contributed by atoms with Crippen molar-refractivity contribution in [3.8, 4) is 0 Å². The molecule has 2 heterocycles. The molecule has 0 aromatic carbocycles. The molecule has 1 aromatic heterocycles. The van der Waals surface area contributed by atoms with E-state index >= 15 is 0 Å². The molecule has 2 amide bonds. The standard InChI is InChI=1S/C12H17N3O3/c1-8-11(18-9(2)13-8)12(17)15-6-4-14(5-7-15)10(3)16/h4-7H2,1-3H3. The average Bonchev–Trinajstić information content (AvgIpc) is 2.67. The van der Waals surface area contributed by atoms with Crippen LogP contribution in [0.3, 0.4) is 0 Å². The molecule has 0 radical (unpaired) electrons. The highest BCUT2D eigenvalue weighted by Crippen LogP contribution is 2.14. The van der Waals surface area contributed by atoms with Crippen LogP contribution in [0.2, 0.25) is 0 Å². The lowest BCUT2D eigenvalue weighted by Crippen LogP contribution is -2.50. The maximum Gasteiger partial charge on any atom is 0.291 e. The van der Waals surface area contributed by atoms with Gasteiger partial charge in [-0.1, -0.05) is 0 Å². The second-order valence-corrected chi connectivity index (χ2v) is 4.45. The SMILES string of the molecule is CC(=O)N1CCN(C(=O)c2oc(C)nc2C)CC1. The van der Waals surface area contributed by atoms with E-state index in [2.05, 4.69) is 4.98 Å². The van der Waals surface area contributed by atoms with E-state index in [9.17, 15) is 9.59 Å². The molecule has 0 saturated carbocycles. The summed E-state index contributed by atoms with van der Waals surface area (Å²) in [4.78, 5) is 30.9. The highest BCUT2D eigenvalue weighted by molar-refractivity contribution is 5.92. The number of piperazine rings is 1. The fourth-order valence-electron chi connectivity index (χ4n) is 2.10. The van der Waals surface area contributed by atoms with Gasteiger partial charge in [0.2, 0.25) is 11.7 Å². The molecule has 98 valence electrons. The lowest BCUT2D eigenvalue weighted by molar-refractivity contribution is -0.130. The van der Waals surface area contributed by atoms with Gasteiger partial charge >= 0.3 is 0 Å². The van der Waals surface area contributed by atoms with Crippen molar-refractivity contribution in [2.75, 3.05) is 26.2 Å². The minimum absolute atomic E-state index is 0.0498. The quantitative estimate of drug-likeness (QED) is 0.733. The molecule has 18 heavy (non-hydrogen) atoms. The van der Waals surface area contributed by atoms with Crippen molar-refractivity contribution in [2.24, 2.45) is 0 Å². The number of hydrogen-bond donors (Lipinski definition) is 0. The maximum atomic E-state index is 12.2. The summed E-state index contributed by atoms with van der Waals surface area (Å²) >= 11 is 0. The van der Waals surface area contributed by atoms with Gasteiger partial charge in [0.05, 0.1) is 5.69 Å². The molecular formula is C12H17N3O3. The summed E-state index contributed by atoms with van der Waals surface area (Å²) in [5.74, 6) is 0.715. The molecule has 2 rings (SSSR count). The Bertz CT molecular complexity index is 473. The molecule has 1 aliphatic heterocycles. The van der Waals surface area contributed by atoms with Crippen LogP contribution in [0, 0.1) is 13.8 Å². The number of amides is 2. The van der Waals surface area contributed by atoms with Crippen LogP contribution < -0.4 is 0 Å². The number of oxazole rings is 1. The number of nitrogens with zero attached hydrogens (tertiary/aromatic N) is 3. The number of aryl methyl sites for hydroxylation is 2. The van der Waals surface area contributed by atoms with Gasteiger partial charge in [0, 0.05) is 40.0 Å². The molecule has 1 fully saturated rings. The van der Waals surface area contributed by atoms with Crippen LogP contribution >= 0.6 is 0 Å². The Morgan fingerprint density at radius 3 is 2.11 bits per heavy atom. The normalized spacial score (nSPS) is 15.9. The third-order valence-corrected chi connectivity index (χ3v) is 3.11. The molecule has 0 aliphatic carbocycles. The Morgan fingerprint density at radius 2 is 1.67 bits per heavy atom. The van der Waals surface area contributed by atoms with Gasteiger partial charge in [-0.05, 0) is 6.92 Å². The second-order valence-electron chi connectivity index (χ2n) is 4.45. The molecule has 6 heteroatoms. The van der Waals surface area contributed by atoms with E-state index in [1.165, 1.54) is 0 Å². The van der Waals surface area contributed by atoms with Crippen molar-refractivity contribution in [3.05, 3.63) is 17.3 Å². The Labute approximate surface area is 106 Å². The smallest absolute Gasteiger partial charge is 0.291 e. The van der Waals surface area contributed by atoms with Gasteiger partial charge in [0.15, 0.2) is 5.89 Å². The number of hydrogen-bond acceptors (Lipinski definition) is 4. The van der Waals surface area contributed by atoms with E-state index in [1.807, 2.05) is 0 Å². The van der Waals surface area contributed by atoms with Crippen molar-refractivity contribution in [3.63, 3.8) is 0 Å². The van der Waals surface area contributed by atoms with E-state index < -0.39 is 0 Å². The average molecular weight is 251 g/mol. The highest BCUT2D eigenvalue weighted by Gasteiger charge is 2.26. The summed E-state index contributed by atoms with van der Waals surface area (Å²) in [7, 11) is 0. The summed E-state index contributed by atoms with van der Waals surface area (Å²) < 4.78 is 5.32. The summed E-state index contributed by atoms with van der Waals surface area (Å²) in [5.41, 5.74) is 0.617. The van der Waals surface area contributed by atoms with Crippen LogP contribution in [0.15, 0.2) is 4.42 Å². The number of aromatic nitrogens is 1. The summed E-state index contributed by atoms with van der Waals surface area (Å²) in [5, 5.41) is 0. The molecule has 6 nitrogen and oxygen atoms in total. The Kier molecular flexibility index (Phi) is 3.36. The van der Waals surface area contributed by atoms with E-state index in [1.54, 1.807) is 30.6 Å². The largest absolute Gasteiger partial charge is 0.436 e. The lowest BCUT2D eigenvalue weighted by atomic mass is 10.2. The minimum atomic E-state index is -0.142. The summed E-state index contributed by atoms with van der Waals surface area (Å²) in [6.45, 7) is 7.25. The van der Waals surface area contributed by atoms with E-state index in [0.29, 0.717) is 43.5 Å². The zero-order chi connectivity index (χ0) is 13.3. The number of rotatable bonds is 1. The van der Waals surface area contributed by atoms with Crippen LogP contribution in [0.4, 0.5) is 0 Å². The van der Waals surface area contributed by atoms with Crippen molar-refractivity contribution in [2.45, 2.75) is 20.8 Å². The molecule has 0 atom stereocenters. The molecule has 0 spiro atoms. The zero-order valence-corrected chi connectivity index (χ0v) is 10.9. The first-order valence-corrected chi connectivity index (χ1v) is 5.98. The second kappa shape index (κ2) is 4.80. The van der Waals surface area contributed by atoms with Crippen LogP contribution in [0.25, 0.3) is 0 Å². The first-order chi connectivity index (χ1) is 8.49. The lowest BCUT2D eigenvalue weighted by Gasteiger charge is -2.33. The fourth-order valence-corrected chi connectivity index (χ4v) is 2.10. The maximum absolute atomic E-state index is 12.2. The van der Waals surface area contributed by atoms with Crippen LogP contribution in [0.5, 0.6) is 0 Å². The van der Waals surface area contributed by atoms with Gasteiger partial charge in [-0.2, -0.15) is 0 Å². The highest BCUT2D eigenvalue weighted by atomic mass is 16.4. The molecular weight excluding hydrogens is 234 g/mol. The number of carbonyl (C=O) groups is 2.